The zero-order valence-corrected chi connectivity index (χ0v) is 23.3. The quantitative estimate of drug-likeness (QED) is 0.329. The Morgan fingerprint density at radius 2 is 1.89 bits per heavy atom. The molecular formula is C31H46O5. The van der Waals surface area contributed by atoms with Crippen molar-refractivity contribution in [2.45, 2.75) is 111 Å². The van der Waals surface area contributed by atoms with E-state index in [1.807, 2.05) is 19.9 Å². The summed E-state index contributed by atoms with van der Waals surface area (Å²) in [5.41, 5.74) is 2.10. The van der Waals surface area contributed by atoms with Crippen LogP contribution in [0.25, 0.3) is 0 Å². The number of fused-ring (bicyclic) bond motifs is 5. The number of hydrogen-bond acceptors (Lipinski definition) is 5. The Balaban J connectivity index is 1.57. The second kappa shape index (κ2) is 9.78. The normalized spacial score (nSPS) is 38.2. The van der Waals surface area contributed by atoms with Crippen molar-refractivity contribution in [2.24, 2.45) is 34.5 Å². The van der Waals surface area contributed by atoms with E-state index in [1.165, 1.54) is 37.8 Å². The Morgan fingerprint density at radius 1 is 1.17 bits per heavy atom. The molecule has 1 N–H and O–H groups in total. The van der Waals surface area contributed by atoms with Crippen LogP contribution in [0, 0.1) is 34.5 Å². The molecule has 0 bridgehead atoms. The van der Waals surface area contributed by atoms with Crippen molar-refractivity contribution < 1.29 is 24.2 Å². The Bertz CT molecular complexity index is 973. The van der Waals surface area contributed by atoms with E-state index in [4.69, 9.17) is 9.47 Å². The SMILES string of the molecule is CC(=O)O[C@@H]1C[C@]2(C)[C@@H]([C@H](C)CCCC(C)(C)OC(C)=O)CC[C@H]2C2=CC=C3C[C@@H](O)C=C[C@]3(C)[C@H]21. The number of carbonyl (C=O) groups excluding carboxylic acids is 2. The number of rotatable bonds is 7. The van der Waals surface area contributed by atoms with Crippen LogP contribution in [0.3, 0.4) is 0 Å². The third-order valence-corrected chi connectivity index (χ3v) is 9.95. The predicted molar refractivity (Wildman–Crippen MR) is 141 cm³/mol. The van der Waals surface area contributed by atoms with Gasteiger partial charge in [0.1, 0.15) is 11.7 Å². The van der Waals surface area contributed by atoms with Gasteiger partial charge in [-0.05, 0) is 75.5 Å². The first-order valence-electron chi connectivity index (χ1n) is 13.9. The first kappa shape index (κ1) is 27.2. The third kappa shape index (κ3) is 4.97. The van der Waals surface area contributed by atoms with E-state index in [9.17, 15) is 14.7 Å². The highest BCUT2D eigenvalue weighted by molar-refractivity contribution is 5.66. The summed E-state index contributed by atoms with van der Waals surface area (Å²) in [4.78, 5) is 23.7. The van der Waals surface area contributed by atoms with Crippen molar-refractivity contribution >= 4 is 11.9 Å². The highest BCUT2D eigenvalue weighted by Gasteiger charge is 2.60. The maximum Gasteiger partial charge on any atom is 0.303 e. The highest BCUT2D eigenvalue weighted by atomic mass is 16.6. The number of ether oxygens (including phenoxy) is 2. The van der Waals surface area contributed by atoms with Crippen LogP contribution in [0.5, 0.6) is 0 Å². The summed E-state index contributed by atoms with van der Waals surface area (Å²) in [6.07, 6.45) is 14.9. The van der Waals surface area contributed by atoms with Gasteiger partial charge in [-0.2, -0.15) is 0 Å². The number of esters is 2. The van der Waals surface area contributed by atoms with E-state index in [-0.39, 0.29) is 34.8 Å². The van der Waals surface area contributed by atoms with Gasteiger partial charge in [0.05, 0.1) is 6.10 Å². The maximum absolute atomic E-state index is 12.3. The molecule has 0 heterocycles. The average Bonchev–Trinajstić information content (AvgIpc) is 3.09. The average molecular weight is 499 g/mol. The largest absolute Gasteiger partial charge is 0.462 e. The van der Waals surface area contributed by atoms with Crippen molar-refractivity contribution in [1.29, 1.82) is 0 Å². The molecule has 2 saturated carbocycles. The van der Waals surface area contributed by atoms with Crippen molar-refractivity contribution in [1.82, 2.24) is 0 Å². The number of aliphatic hydroxyl groups excluding tert-OH is 1. The van der Waals surface area contributed by atoms with Crippen LogP contribution in [0.15, 0.2) is 35.5 Å². The van der Waals surface area contributed by atoms with Crippen molar-refractivity contribution in [3.63, 3.8) is 0 Å². The molecule has 0 saturated heterocycles. The molecule has 5 nitrogen and oxygen atoms in total. The fraction of sp³-hybridized carbons (Fsp3) is 0.742. The minimum atomic E-state index is -0.442. The van der Waals surface area contributed by atoms with Crippen LogP contribution < -0.4 is 0 Å². The summed E-state index contributed by atoms with van der Waals surface area (Å²) in [7, 11) is 0. The molecule has 8 atom stereocenters. The Hall–Kier alpha value is -1.88. The lowest BCUT2D eigenvalue weighted by atomic mass is 9.50. The molecule has 0 aromatic carbocycles. The van der Waals surface area contributed by atoms with Gasteiger partial charge < -0.3 is 14.6 Å². The summed E-state index contributed by atoms with van der Waals surface area (Å²) >= 11 is 0. The fourth-order valence-corrected chi connectivity index (χ4v) is 8.47. The smallest absolute Gasteiger partial charge is 0.303 e. The topological polar surface area (TPSA) is 72.8 Å². The molecule has 2 fully saturated rings. The van der Waals surface area contributed by atoms with Crippen LogP contribution in [0.2, 0.25) is 0 Å². The van der Waals surface area contributed by atoms with Gasteiger partial charge in [0.25, 0.3) is 0 Å². The fourth-order valence-electron chi connectivity index (χ4n) is 8.47. The number of hydrogen-bond donors (Lipinski definition) is 1. The molecule has 0 aliphatic heterocycles. The molecule has 0 radical (unpaired) electrons. The number of carbonyl (C=O) groups is 2. The van der Waals surface area contributed by atoms with Crippen LogP contribution in [0.1, 0.15) is 93.4 Å². The lowest BCUT2D eigenvalue weighted by molar-refractivity contribution is -0.156. The second-order valence-electron chi connectivity index (χ2n) is 13.1. The molecule has 4 aliphatic rings. The van der Waals surface area contributed by atoms with Gasteiger partial charge in [-0.1, -0.05) is 62.6 Å². The number of aliphatic hydroxyl groups is 1. The standard InChI is InChI=1S/C31H46O5/c1-19(9-8-15-29(4,5)36-21(3)33)25-12-13-26-24-11-10-22-17-23(34)14-16-30(22,6)28(24)27(35-20(2)32)18-31(25,26)7/h10-11,14,16,19,23,25-28,34H,8-9,12-13,15,17-18H2,1-7H3/t19-,23+,25-,26+,27-,28-,30+,31-/m1/s1. The summed E-state index contributed by atoms with van der Waals surface area (Å²) in [5.74, 6) is 1.27. The minimum absolute atomic E-state index is 0.0763. The zero-order valence-electron chi connectivity index (χ0n) is 23.3. The second-order valence-corrected chi connectivity index (χ2v) is 13.1. The molecule has 0 spiro atoms. The molecule has 0 aromatic rings. The van der Waals surface area contributed by atoms with Crippen molar-refractivity contribution in [3.8, 4) is 0 Å². The Morgan fingerprint density at radius 3 is 2.56 bits per heavy atom. The van der Waals surface area contributed by atoms with Gasteiger partial charge in [0.15, 0.2) is 0 Å². The lowest BCUT2D eigenvalue weighted by Gasteiger charge is -2.56. The first-order chi connectivity index (χ1) is 16.8. The maximum atomic E-state index is 12.3. The summed E-state index contributed by atoms with van der Waals surface area (Å²) in [5, 5.41) is 10.3. The summed E-state index contributed by atoms with van der Waals surface area (Å²) in [6.45, 7) is 14.1. The molecule has 5 heteroatoms. The van der Waals surface area contributed by atoms with Gasteiger partial charge in [0, 0.05) is 25.2 Å². The minimum Gasteiger partial charge on any atom is -0.462 e. The summed E-state index contributed by atoms with van der Waals surface area (Å²) < 4.78 is 11.6. The van der Waals surface area contributed by atoms with Crippen molar-refractivity contribution in [2.75, 3.05) is 0 Å². The van der Waals surface area contributed by atoms with Gasteiger partial charge in [-0.3, -0.25) is 9.59 Å². The predicted octanol–water partition coefficient (Wildman–Crippen LogP) is 6.31. The highest BCUT2D eigenvalue weighted by Crippen LogP contribution is 2.66. The molecule has 4 aliphatic carbocycles. The number of allylic oxidation sites excluding steroid dienone is 3. The van der Waals surface area contributed by atoms with E-state index in [0.717, 1.165) is 25.7 Å². The van der Waals surface area contributed by atoms with Crippen LogP contribution in [-0.4, -0.2) is 34.9 Å². The van der Waals surface area contributed by atoms with Gasteiger partial charge in [-0.25, -0.2) is 0 Å². The lowest BCUT2D eigenvalue weighted by Crippen LogP contribution is -2.53. The van der Waals surface area contributed by atoms with Gasteiger partial charge in [0.2, 0.25) is 0 Å². The Kier molecular flexibility index (Phi) is 7.38. The van der Waals surface area contributed by atoms with Crippen molar-refractivity contribution in [3.05, 3.63) is 35.5 Å². The van der Waals surface area contributed by atoms with Crippen LogP contribution >= 0.6 is 0 Å². The molecule has 36 heavy (non-hydrogen) atoms. The van der Waals surface area contributed by atoms with E-state index >= 15 is 0 Å². The van der Waals surface area contributed by atoms with E-state index in [0.29, 0.717) is 24.2 Å². The van der Waals surface area contributed by atoms with E-state index in [2.05, 4.69) is 39.0 Å². The van der Waals surface area contributed by atoms with Gasteiger partial charge in [-0.15, -0.1) is 0 Å². The molecule has 0 amide bonds. The molecular weight excluding hydrogens is 452 g/mol. The third-order valence-electron chi connectivity index (χ3n) is 9.95. The van der Waals surface area contributed by atoms with Crippen LogP contribution in [-0.2, 0) is 19.1 Å². The van der Waals surface area contributed by atoms with E-state index < -0.39 is 11.7 Å². The van der Waals surface area contributed by atoms with E-state index in [1.54, 1.807) is 0 Å². The molecule has 4 rings (SSSR count). The zero-order chi connectivity index (χ0) is 26.5. The Labute approximate surface area is 217 Å². The molecule has 0 aromatic heterocycles. The van der Waals surface area contributed by atoms with Crippen LogP contribution in [0.4, 0.5) is 0 Å². The molecule has 200 valence electrons. The first-order valence-corrected chi connectivity index (χ1v) is 13.9. The van der Waals surface area contributed by atoms with Gasteiger partial charge >= 0.3 is 11.9 Å². The molecule has 0 unspecified atom stereocenters. The summed E-state index contributed by atoms with van der Waals surface area (Å²) in [6, 6.07) is 0. The monoisotopic (exact) mass is 498 g/mol.